The predicted molar refractivity (Wildman–Crippen MR) is 56.4 cm³/mol. The molecule has 1 aromatic rings. The fraction of sp³-hybridized carbons (Fsp3) is 0.750. The highest BCUT2D eigenvalue weighted by Gasteiger charge is 2.18. The van der Waals surface area contributed by atoms with Gasteiger partial charge >= 0.3 is 6.01 Å². The van der Waals surface area contributed by atoms with E-state index < -0.39 is 0 Å². The zero-order valence-electron chi connectivity index (χ0n) is 8.14. The molecule has 1 saturated heterocycles. The second kappa shape index (κ2) is 4.18. The van der Waals surface area contributed by atoms with Gasteiger partial charge in [0.2, 0.25) is 5.89 Å². The highest BCUT2D eigenvalue weighted by molar-refractivity contribution is 7.99. The van der Waals surface area contributed by atoms with Crippen molar-refractivity contribution in [3.8, 4) is 0 Å². The Balaban J connectivity index is 2.07. The highest BCUT2D eigenvalue weighted by Crippen LogP contribution is 2.19. The fourth-order valence-electron chi connectivity index (χ4n) is 1.29. The lowest BCUT2D eigenvalue weighted by Gasteiger charge is -2.23. The van der Waals surface area contributed by atoms with Crippen LogP contribution in [0.5, 0.6) is 0 Å². The molecule has 0 amide bonds. The van der Waals surface area contributed by atoms with Crippen LogP contribution < -0.4 is 10.6 Å². The van der Waals surface area contributed by atoms with Crippen molar-refractivity contribution in [2.24, 2.45) is 5.73 Å². The number of nitrogens with zero attached hydrogens (tertiary/aromatic N) is 3. The third-order valence-corrected chi connectivity index (χ3v) is 3.04. The monoisotopic (exact) mass is 214 g/mol. The number of aromatic nitrogens is 2. The van der Waals surface area contributed by atoms with Gasteiger partial charge in [0, 0.05) is 24.6 Å². The van der Waals surface area contributed by atoms with Gasteiger partial charge in [-0.3, -0.25) is 0 Å². The average Bonchev–Trinajstić information content (AvgIpc) is 2.68. The molecule has 14 heavy (non-hydrogen) atoms. The molecule has 0 spiro atoms. The van der Waals surface area contributed by atoms with Crippen LogP contribution in [0, 0.1) is 0 Å². The molecule has 2 heterocycles. The smallest absolute Gasteiger partial charge is 0.318 e. The van der Waals surface area contributed by atoms with Crippen molar-refractivity contribution in [3.05, 3.63) is 5.89 Å². The highest BCUT2D eigenvalue weighted by atomic mass is 32.2. The maximum Gasteiger partial charge on any atom is 0.318 e. The van der Waals surface area contributed by atoms with Crippen molar-refractivity contribution in [3.63, 3.8) is 0 Å². The van der Waals surface area contributed by atoms with E-state index in [1.165, 1.54) is 0 Å². The van der Waals surface area contributed by atoms with E-state index >= 15 is 0 Å². The zero-order chi connectivity index (χ0) is 9.97. The minimum atomic E-state index is -0.185. The Hall–Kier alpha value is -0.750. The first-order valence-corrected chi connectivity index (χ1v) is 5.84. The summed E-state index contributed by atoms with van der Waals surface area (Å²) in [5, 5.41) is 7.88. The van der Waals surface area contributed by atoms with Gasteiger partial charge in [-0.05, 0) is 6.92 Å². The molecule has 1 fully saturated rings. The van der Waals surface area contributed by atoms with Crippen LogP contribution in [0.2, 0.25) is 0 Å². The van der Waals surface area contributed by atoms with E-state index in [4.69, 9.17) is 10.2 Å². The summed E-state index contributed by atoms with van der Waals surface area (Å²) >= 11 is 1.95. The van der Waals surface area contributed by atoms with Gasteiger partial charge in [0.25, 0.3) is 0 Å². The van der Waals surface area contributed by atoms with Crippen LogP contribution in [-0.4, -0.2) is 34.8 Å². The number of anilines is 1. The summed E-state index contributed by atoms with van der Waals surface area (Å²) in [6.07, 6.45) is 0. The molecule has 1 aliphatic heterocycles. The quantitative estimate of drug-likeness (QED) is 0.779. The van der Waals surface area contributed by atoms with Crippen molar-refractivity contribution in [2.45, 2.75) is 13.0 Å². The van der Waals surface area contributed by atoms with Crippen LogP contribution in [0.15, 0.2) is 4.42 Å². The van der Waals surface area contributed by atoms with Gasteiger partial charge in [-0.15, -0.1) is 5.10 Å². The number of thioether (sulfide) groups is 1. The molecule has 2 rings (SSSR count). The Morgan fingerprint density at radius 2 is 2.14 bits per heavy atom. The number of rotatable bonds is 2. The molecule has 1 unspecified atom stereocenters. The summed E-state index contributed by atoms with van der Waals surface area (Å²) in [7, 11) is 0. The summed E-state index contributed by atoms with van der Waals surface area (Å²) < 4.78 is 5.45. The van der Waals surface area contributed by atoms with Crippen molar-refractivity contribution < 1.29 is 4.42 Å². The van der Waals surface area contributed by atoms with Gasteiger partial charge in [-0.1, -0.05) is 5.10 Å². The molecule has 0 radical (unpaired) electrons. The summed E-state index contributed by atoms with van der Waals surface area (Å²) in [6.45, 7) is 3.79. The number of nitrogens with two attached hydrogens (primary N) is 1. The SMILES string of the molecule is CC(N)c1nnc(N2CCSCC2)o1. The molecule has 5 nitrogen and oxygen atoms in total. The van der Waals surface area contributed by atoms with Crippen molar-refractivity contribution >= 4 is 17.8 Å². The lowest BCUT2D eigenvalue weighted by atomic mass is 10.4. The summed E-state index contributed by atoms with van der Waals surface area (Å²) in [4.78, 5) is 2.11. The lowest BCUT2D eigenvalue weighted by molar-refractivity contribution is 0.458. The summed E-state index contributed by atoms with van der Waals surface area (Å²) in [5.41, 5.74) is 5.64. The van der Waals surface area contributed by atoms with Crippen LogP contribution >= 0.6 is 11.8 Å². The van der Waals surface area contributed by atoms with Crippen LogP contribution in [0.3, 0.4) is 0 Å². The molecule has 6 heteroatoms. The second-order valence-electron chi connectivity index (χ2n) is 3.31. The van der Waals surface area contributed by atoms with E-state index in [1.54, 1.807) is 0 Å². The first kappa shape index (κ1) is 9.79. The summed E-state index contributed by atoms with van der Waals surface area (Å²) in [6, 6.07) is 0.424. The molecular formula is C8H14N4OS. The zero-order valence-corrected chi connectivity index (χ0v) is 8.96. The van der Waals surface area contributed by atoms with Gasteiger partial charge in [-0.2, -0.15) is 11.8 Å². The summed E-state index contributed by atoms with van der Waals surface area (Å²) in [5.74, 6) is 2.75. The Bertz CT molecular complexity index is 295. The molecular weight excluding hydrogens is 200 g/mol. The van der Waals surface area contributed by atoms with Crippen LogP contribution in [-0.2, 0) is 0 Å². The molecule has 0 saturated carbocycles. The minimum Gasteiger partial charge on any atom is -0.406 e. The Morgan fingerprint density at radius 3 is 2.71 bits per heavy atom. The first-order valence-electron chi connectivity index (χ1n) is 4.69. The fourth-order valence-corrected chi connectivity index (χ4v) is 2.20. The average molecular weight is 214 g/mol. The van der Waals surface area contributed by atoms with Gasteiger partial charge in [0.1, 0.15) is 0 Å². The standard InChI is InChI=1S/C8H14N4OS/c1-6(9)7-10-11-8(13-7)12-2-4-14-5-3-12/h6H,2-5,9H2,1H3. The van der Waals surface area contributed by atoms with E-state index in [9.17, 15) is 0 Å². The molecule has 0 aliphatic carbocycles. The van der Waals surface area contributed by atoms with Crippen molar-refractivity contribution in [1.29, 1.82) is 0 Å². The van der Waals surface area contributed by atoms with E-state index in [0.29, 0.717) is 11.9 Å². The maximum absolute atomic E-state index is 5.64. The lowest BCUT2D eigenvalue weighted by Crippen LogP contribution is -2.32. The molecule has 78 valence electrons. The van der Waals surface area contributed by atoms with E-state index in [-0.39, 0.29) is 6.04 Å². The van der Waals surface area contributed by atoms with Crippen LogP contribution in [0.1, 0.15) is 18.9 Å². The number of hydrogen-bond acceptors (Lipinski definition) is 6. The molecule has 1 aromatic heterocycles. The molecule has 1 aliphatic rings. The predicted octanol–water partition coefficient (Wildman–Crippen LogP) is 0.642. The Morgan fingerprint density at radius 1 is 1.43 bits per heavy atom. The van der Waals surface area contributed by atoms with Crippen LogP contribution in [0.25, 0.3) is 0 Å². The van der Waals surface area contributed by atoms with Crippen LogP contribution in [0.4, 0.5) is 6.01 Å². The molecule has 2 N–H and O–H groups in total. The third kappa shape index (κ3) is 2.01. The topological polar surface area (TPSA) is 68.2 Å². The normalized spacial score (nSPS) is 19.7. The largest absolute Gasteiger partial charge is 0.406 e. The molecule has 0 bridgehead atoms. The maximum atomic E-state index is 5.64. The molecule has 1 atom stereocenters. The second-order valence-corrected chi connectivity index (χ2v) is 4.54. The Kier molecular flexibility index (Phi) is 2.93. The van der Waals surface area contributed by atoms with Gasteiger partial charge in [0.15, 0.2) is 0 Å². The van der Waals surface area contributed by atoms with E-state index in [2.05, 4.69) is 15.1 Å². The minimum absolute atomic E-state index is 0.185. The Labute approximate surface area is 87.0 Å². The first-order chi connectivity index (χ1) is 6.77. The van der Waals surface area contributed by atoms with Gasteiger partial charge in [0.05, 0.1) is 6.04 Å². The third-order valence-electron chi connectivity index (χ3n) is 2.10. The number of hydrogen-bond donors (Lipinski definition) is 1. The van der Waals surface area contributed by atoms with Crippen molar-refractivity contribution in [1.82, 2.24) is 10.2 Å². The van der Waals surface area contributed by atoms with Gasteiger partial charge < -0.3 is 15.1 Å². The van der Waals surface area contributed by atoms with E-state index in [0.717, 1.165) is 24.6 Å². The van der Waals surface area contributed by atoms with Crippen molar-refractivity contribution in [2.75, 3.05) is 29.5 Å². The van der Waals surface area contributed by atoms with Gasteiger partial charge in [-0.25, -0.2) is 0 Å². The van der Waals surface area contributed by atoms with E-state index in [1.807, 2.05) is 18.7 Å². The molecule has 0 aromatic carbocycles.